The quantitative estimate of drug-likeness (QED) is 0.484. The van der Waals surface area contributed by atoms with Crippen molar-refractivity contribution in [1.82, 2.24) is 0 Å². The van der Waals surface area contributed by atoms with Crippen molar-refractivity contribution in [2.24, 2.45) is 0 Å². The van der Waals surface area contributed by atoms with Crippen LogP contribution in [0.25, 0.3) is 0 Å². The standard InChI is InChI=1S/C27H27FN2O2S/c1-17-8-13-22(15-23(17)28)30-24(31)16-33-26(30)19-6-5-7-21(14-19)29-25(32)18-9-11-20(12-10-18)27(2,3)4/h5-15,26H,16H2,1-4H3,(H,29,32). The van der Waals surface area contributed by atoms with Crippen molar-refractivity contribution in [2.45, 2.75) is 38.5 Å². The van der Waals surface area contributed by atoms with Gasteiger partial charge in [-0.3, -0.25) is 14.5 Å². The molecule has 0 aliphatic carbocycles. The fraction of sp³-hybridized carbons (Fsp3) is 0.259. The van der Waals surface area contributed by atoms with Gasteiger partial charge in [-0.05, 0) is 65.4 Å². The number of nitrogens with zero attached hydrogens (tertiary/aromatic N) is 1. The first-order valence-corrected chi connectivity index (χ1v) is 11.9. The SMILES string of the molecule is Cc1ccc(N2C(=O)CSC2c2cccc(NC(=O)c3ccc(C(C)(C)C)cc3)c2)cc1F. The van der Waals surface area contributed by atoms with Crippen molar-refractivity contribution in [3.8, 4) is 0 Å². The second-order valence-electron chi connectivity index (χ2n) is 9.27. The van der Waals surface area contributed by atoms with Gasteiger partial charge in [-0.2, -0.15) is 0 Å². The maximum Gasteiger partial charge on any atom is 0.255 e. The molecule has 0 spiro atoms. The Kier molecular flexibility index (Phi) is 6.30. The highest BCUT2D eigenvalue weighted by atomic mass is 32.2. The summed E-state index contributed by atoms with van der Waals surface area (Å²) in [6, 6.07) is 19.9. The van der Waals surface area contributed by atoms with E-state index in [0.29, 0.717) is 28.3 Å². The van der Waals surface area contributed by atoms with Crippen LogP contribution in [-0.2, 0) is 10.2 Å². The van der Waals surface area contributed by atoms with E-state index in [9.17, 15) is 14.0 Å². The van der Waals surface area contributed by atoms with Crippen molar-refractivity contribution < 1.29 is 14.0 Å². The van der Waals surface area contributed by atoms with Gasteiger partial charge in [0.2, 0.25) is 5.91 Å². The molecular formula is C27H27FN2O2S. The topological polar surface area (TPSA) is 49.4 Å². The molecule has 0 saturated carbocycles. The second kappa shape index (κ2) is 9.02. The molecular weight excluding hydrogens is 435 g/mol. The van der Waals surface area contributed by atoms with Crippen molar-refractivity contribution in [3.63, 3.8) is 0 Å². The van der Waals surface area contributed by atoms with E-state index in [2.05, 4.69) is 26.1 Å². The van der Waals surface area contributed by atoms with Crippen LogP contribution in [0.4, 0.5) is 15.8 Å². The summed E-state index contributed by atoms with van der Waals surface area (Å²) in [5.41, 5.74) is 4.35. The normalized spacial score (nSPS) is 16.2. The number of hydrogen-bond acceptors (Lipinski definition) is 3. The molecule has 1 aliphatic rings. The van der Waals surface area contributed by atoms with Gasteiger partial charge in [-0.1, -0.05) is 51.1 Å². The lowest BCUT2D eigenvalue weighted by atomic mass is 9.87. The van der Waals surface area contributed by atoms with Crippen LogP contribution in [-0.4, -0.2) is 17.6 Å². The summed E-state index contributed by atoms with van der Waals surface area (Å²) in [5.74, 6) is -0.284. The summed E-state index contributed by atoms with van der Waals surface area (Å²) in [5, 5.41) is 2.66. The summed E-state index contributed by atoms with van der Waals surface area (Å²) in [7, 11) is 0. The summed E-state index contributed by atoms with van der Waals surface area (Å²) < 4.78 is 14.2. The smallest absolute Gasteiger partial charge is 0.255 e. The molecule has 3 aromatic carbocycles. The lowest BCUT2D eigenvalue weighted by Crippen LogP contribution is -2.28. The molecule has 1 heterocycles. The number of anilines is 2. The van der Waals surface area contributed by atoms with Crippen molar-refractivity contribution in [1.29, 1.82) is 0 Å². The maximum atomic E-state index is 14.2. The Morgan fingerprint density at radius 2 is 1.79 bits per heavy atom. The molecule has 0 radical (unpaired) electrons. The van der Waals surface area contributed by atoms with Gasteiger partial charge in [0.1, 0.15) is 11.2 Å². The molecule has 2 amide bonds. The Bertz CT molecular complexity index is 1200. The highest BCUT2D eigenvalue weighted by Gasteiger charge is 2.34. The minimum Gasteiger partial charge on any atom is -0.322 e. The van der Waals surface area contributed by atoms with Crippen LogP contribution in [0.2, 0.25) is 0 Å². The van der Waals surface area contributed by atoms with Gasteiger partial charge in [0, 0.05) is 16.9 Å². The number of benzene rings is 3. The predicted molar refractivity (Wildman–Crippen MR) is 133 cm³/mol. The van der Waals surface area contributed by atoms with Gasteiger partial charge < -0.3 is 5.32 Å². The highest BCUT2D eigenvalue weighted by molar-refractivity contribution is 8.00. The first-order chi connectivity index (χ1) is 15.6. The summed E-state index contributed by atoms with van der Waals surface area (Å²) in [6.45, 7) is 8.09. The van der Waals surface area contributed by atoms with E-state index >= 15 is 0 Å². The number of nitrogens with one attached hydrogen (secondary N) is 1. The molecule has 170 valence electrons. The Hall–Kier alpha value is -3.12. The lowest BCUT2D eigenvalue weighted by Gasteiger charge is -2.25. The Morgan fingerprint density at radius 3 is 2.45 bits per heavy atom. The third-order valence-electron chi connectivity index (χ3n) is 5.74. The molecule has 33 heavy (non-hydrogen) atoms. The summed E-state index contributed by atoms with van der Waals surface area (Å²) in [4.78, 5) is 27.0. The first kappa shape index (κ1) is 23.1. The van der Waals surface area contributed by atoms with E-state index < -0.39 is 0 Å². The second-order valence-corrected chi connectivity index (χ2v) is 10.3. The molecule has 4 rings (SSSR count). The Balaban J connectivity index is 1.55. The summed E-state index contributed by atoms with van der Waals surface area (Å²) in [6.07, 6.45) is 0. The van der Waals surface area contributed by atoms with Crippen molar-refractivity contribution >= 4 is 35.0 Å². The number of aryl methyl sites for hydroxylation is 1. The molecule has 0 aromatic heterocycles. The molecule has 1 N–H and O–H groups in total. The average molecular weight is 463 g/mol. The molecule has 1 atom stereocenters. The van der Waals surface area contributed by atoms with E-state index in [1.165, 1.54) is 17.8 Å². The van der Waals surface area contributed by atoms with Crippen LogP contribution in [0.15, 0.2) is 66.7 Å². The fourth-order valence-electron chi connectivity index (χ4n) is 3.78. The van der Waals surface area contributed by atoms with E-state index in [4.69, 9.17) is 0 Å². The minimum atomic E-state index is -0.338. The third kappa shape index (κ3) is 4.96. The highest BCUT2D eigenvalue weighted by Crippen LogP contribution is 2.42. The van der Waals surface area contributed by atoms with Gasteiger partial charge in [0.05, 0.1) is 5.75 Å². The van der Waals surface area contributed by atoms with Crippen LogP contribution in [0.5, 0.6) is 0 Å². The summed E-state index contributed by atoms with van der Waals surface area (Å²) >= 11 is 1.49. The Labute approximate surface area is 198 Å². The Morgan fingerprint density at radius 1 is 1.06 bits per heavy atom. The maximum absolute atomic E-state index is 14.2. The number of halogens is 1. The zero-order valence-corrected chi connectivity index (χ0v) is 20.0. The molecule has 1 fully saturated rings. The lowest BCUT2D eigenvalue weighted by molar-refractivity contribution is -0.115. The number of amides is 2. The zero-order valence-electron chi connectivity index (χ0n) is 19.2. The van der Waals surface area contributed by atoms with E-state index in [1.807, 2.05) is 48.5 Å². The molecule has 1 aliphatic heterocycles. The van der Waals surface area contributed by atoms with Crippen molar-refractivity contribution in [3.05, 3.63) is 94.8 Å². The van der Waals surface area contributed by atoms with Crippen LogP contribution < -0.4 is 10.2 Å². The number of rotatable bonds is 4. The molecule has 0 bridgehead atoms. The van der Waals surface area contributed by atoms with Crippen LogP contribution in [0.3, 0.4) is 0 Å². The minimum absolute atomic E-state index is 0.0198. The largest absolute Gasteiger partial charge is 0.322 e. The fourth-order valence-corrected chi connectivity index (χ4v) is 4.94. The number of thioether (sulfide) groups is 1. The molecule has 1 saturated heterocycles. The molecule has 4 nitrogen and oxygen atoms in total. The molecule has 1 unspecified atom stereocenters. The molecule has 3 aromatic rings. The van der Waals surface area contributed by atoms with Gasteiger partial charge >= 0.3 is 0 Å². The van der Waals surface area contributed by atoms with E-state index in [0.717, 1.165) is 11.1 Å². The van der Waals surface area contributed by atoms with Crippen LogP contribution in [0.1, 0.15) is 53.2 Å². The number of hydrogen-bond donors (Lipinski definition) is 1. The van der Waals surface area contributed by atoms with Crippen LogP contribution >= 0.6 is 11.8 Å². The van der Waals surface area contributed by atoms with Gasteiger partial charge in [-0.25, -0.2) is 4.39 Å². The van der Waals surface area contributed by atoms with Gasteiger partial charge in [0.15, 0.2) is 0 Å². The first-order valence-electron chi connectivity index (χ1n) is 10.9. The van der Waals surface area contributed by atoms with Crippen molar-refractivity contribution in [2.75, 3.05) is 16.0 Å². The number of carbonyl (C=O) groups excluding carboxylic acids is 2. The number of carbonyl (C=O) groups is 2. The monoisotopic (exact) mass is 462 g/mol. The van der Waals surface area contributed by atoms with E-state index in [-0.39, 0.29) is 28.4 Å². The van der Waals surface area contributed by atoms with Crippen LogP contribution in [0, 0.1) is 12.7 Å². The molecule has 6 heteroatoms. The zero-order chi connectivity index (χ0) is 23.8. The van der Waals surface area contributed by atoms with Gasteiger partial charge in [-0.15, -0.1) is 11.8 Å². The predicted octanol–water partition coefficient (Wildman–Crippen LogP) is 6.46. The van der Waals surface area contributed by atoms with Gasteiger partial charge in [0.25, 0.3) is 5.91 Å². The van der Waals surface area contributed by atoms with E-state index in [1.54, 1.807) is 24.0 Å². The third-order valence-corrected chi connectivity index (χ3v) is 6.96. The average Bonchev–Trinajstić information content (AvgIpc) is 3.17.